The molecule has 1 aliphatic rings. The van der Waals surface area contributed by atoms with Crippen molar-refractivity contribution in [2.24, 2.45) is 4.99 Å². The summed E-state index contributed by atoms with van der Waals surface area (Å²) in [6, 6.07) is 23.0. The number of nitrogens with zero attached hydrogens (tertiary/aromatic N) is 3. The van der Waals surface area contributed by atoms with E-state index in [1.54, 1.807) is 74.9 Å². The Kier molecular flexibility index (Phi) is 7.41. The van der Waals surface area contributed by atoms with Gasteiger partial charge in [-0.2, -0.15) is 0 Å². The summed E-state index contributed by atoms with van der Waals surface area (Å²) < 4.78 is 16.8. The number of hydrogen-bond donors (Lipinski definition) is 1. The van der Waals surface area contributed by atoms with Gasteiger partial charge < -0.3 is 9.47 Å². The zero-order valence-electron chi connectivity index (χ0n) is 21.0. The molecule has 0 atom stereocenters. The number of nitrogens with one attached hydrogen (secondary N) is 1. The van der Waals surface area contributed by atoms with Gasteiger partial charge in [0, 0.05) is 17.7 Å². The number of anilines is 1. The van der Waals surface area contributed by atoms with Crippen LogP contribution in [-0.2, 0) is 4.79 Å². The van der Waals surface area contributed by atoms with Crippen molar-refractivity contribution in [1.82, 2.24) is 5.27 Å². The molecule has 196 valence electrons. The highest BCUT2D eigenvalue weighted by atomic mass is 32.2. The van der Waals surface area contributed by atoms with Gasteiger partial charge in [0.15, 0.2) is 5.17 Å². The van der Waals surface area contributed by atoms with Crippen LogP contribution < -0.4 is 24.7 Å². The molecule has 3 aromatic carbocycles. The first-order valence-electron chi connectivity index (χ1n) is 11.8. The van der Waals surface area contributed by atoms with E-state index in [4.69, 9.17) is 14.0 Å². The van der Waals surface area contributed by atoms with E-state index in [2.05, 4.69) is 10.3 Å². The molecule has 0 fully saturated rings. The van der Waals surface area contributed by atoms with E-state index in [0.717, 1.165) is 11.8 Å². The number of benzene rings is 3. The minimum atomic E-state index is -0.808. The van der Waals surface area contributed by atoms with Crippen LogP contribution in [0.25, 0.3) is 11.8 Å². The third kappa shape index (κ3) is 5.25. The van der Waals surface area contributed by atoms with Crippen LogP contribution >= 0.6 is 11.8 Å². The number of aromatic amines is 1. The van der Waals surface area contributed by atoms with E-state index in [9.17, 15) is 14.4 Å². The summed E-state index contributed by atoms with van der Waals surface area (Å²) in [4.78, 5) is 45.1. The molecule has 0 radical (unpaired) electrons. The number of amidine groups is 1. The van der Waals surface area contributed by atoms with Crippen molar-refractivity contribution in [2.75, 3.05) is 24.9 Å². The second-order valence-electron chi connectivity index (χ2n) is 8.22. The number of carbonyl (C=O) groups is 2. The molecule has 10 nitrogen and oxygen atoms in total. The van der Waals surface area contributed by atoms with Crippen LogP contribution in [0.1, 0.15) is 16.1 Å². The number of methoxy groups -OCH3 is 2. The maximum atomic E-state index is 13.5. The lowest BCUT2D eigenvalue weighted by molar-refractivity contribution is -0.672. The number of hydrogen-bond acceptors (Lipinski definition) is 8. The predicted molar refractivity (Wildman–Crippen MR) is 147 cm³/mol. The number of para-hydroxylation sites is 2. The van der Waals surface area contributed by atoms with Crippen LogP contribution in [0.2, 0.25) is 0 Å². The molecule has 1 N–H and O–H groups in total. The largest absolute Gasteiger partial charge is 0.497 e. The lowest BCUT2D eigenvalue weighted by Gasteiger charge is -2.17. The van der Waals surface area contributed by atoms with Gasteiger partial charge in [-0.1, -0.05) is 48.2 Å². The average molecular weight is 544 g/mol. The molecule has 5 rings (SSSR count). The summed E-state index contributed by atoms with van der Waals surface area (Å²) in [5.41, 5.74) is 0.988. The third-order valence-corrected chi connectivity index (χ3v) is 6.79. The summed E-state index contributed by atoms with van der Waals surface area (Å²) >= 11 is 1.05. The summed E-state index contributed by atoms with van der Waals surface area (Å²) in [6.07, 6.45) is 1.64. The van der Waals surface area contributed by atoms with Crippen LogP contribution in [0.4, 0.5) is 5.69 Å². The molecule has 4 aromatic rings. The Morgan fingerprint density at radius 2 is 1.72 bits per heavy atom. The van der Waals surface area contributed by atoms with E-state index in [1.165, 1.54) is 9.58 Å². The van der Waals surface area contributed by atoms with Gasteiger partial charge in [0.2, 0.25) is 11.5 Å². The number of thioether (sulfide) groups is 1. The first-order valence-corrected chi connectivity index (χ1v) is 12.8. The smallest absolute Gasteiger partial charge is 0.438 e. The molecule has 1 aromatic heterocycles. The first kappa shape index (κ1) is 25.7. The Hall–Kier alpha value is -4.90. The molecule has 0 spiro atoms. The Bertz CT molecular complexity index is 1640. The van der Waals surface area contributed by atoms with E-state index < -0.39 is 11.4 Å². The van der Waals surface area contributed by atoms with Crippen molar-refractivity contribution in [3.63, 3.8) is 0 Å². The number of rotatable bonds is 8. The van der Waals surface area contributed by atoms with Crippen LogP contribution in [0, 0.1) is 0 Å². The Labute approximate surface area is 227 Å². The molecule has 11 heteroatoms. The summed E-state index contributed by atoms with van der Waals surface area (Å²) in [6.45, 7) is 0. The molecule has 0 saturated heterocycles. The SMILES string of the molecule is COc1ccc(-[n+]2[nH]oc(=O)c2C(=O)CSC2=N/C(=C/c3ccccc3OC)C(=O)N2c2ccccc2)cc1. The summed E-state index contributed by atoms with van der Waals surface area (Å²) in [5, 5.41) is 2.77. The predicted octanol–water partition coefficient (Wildman–Crippen LogP) is 3.62. The van der Waals surface area contributed by atoms with Crippen molar-refractivity contribution in [3.05, 3.63) is 106 Å². The molecule has 0 bridgehead atoms. The summed E-state index contributed by atoms with van der Waals surface area (Å²) in [7, 11) is 3.09. The van der Waals surface area contributed by atoms with Gasteiger partial charge in [-0.15, -0.1) is 0 Å². The van der Waals surface area contributed by atoms with Crippen molar-refractivity contribution in [2.45, 2.75) is 0 Å². The molecule has 1 amide bonds. The molecule has 2 heterocycles. The Morgan fingerprint density at radius 3 is 2.44 bits per heavy atom. The zero-order chi connectivity index (χ0) is 27.4. The lowest BCUT2D eigenvalue weighted by Crippen LogP contribution is -2.41. The van der Waals surface area contributed by atoms with Crippen LogP contribution in [0.3, 0.4) is 0 Å². The highest BCUT2D eigenvalue weighted by Crippen LogP contribution is 2.31. The molecular formula is C28H23N4O6S+. The zero-order valence-corrected chi connectivity index (χ0v) is 21.8. The number of H-pyrrole nitrogens is 1. The highest BCUT2D eigenvalue weighted by molar-refractivity contribution is 8.14. The van der Waals surface area contributed by atoms with Gasteiger partial charge >= 0.3 is 11.3 Å². The number of ether oxygens (including phenoxy) is 2. The minimum Gasteiger partial charge on any atom is -0.497 e. The first-order chi connectivity index (χ1) is 19.0. The van der Waals surface area contributed by atoms with E-state index in [-0.39, 0.29) is 23.1 Å². The van der Waals surface area contributed by atoms with Gasteiger partial charge in [-0.05, 0) is 46.4 Å². The summed E-state index contributed by atoms with van der Waals surface area (Å²) in [5.74, 6) is 0.192. The number of amides is 1. The number of aliphatic imine (C=N–C) groups is 1. The lowest BCUT2D eigenvalue weighted by atomic mass is 10.1. The number of carbonyl (C=O) groups excluding carboxylic acids is 2. The second kappa shape index (κ2) is 11.2. The minimum absolute atomic E-state index is 0.170. The number of ketones is 1. The fraction of sp³-hybridized carbons (Fsp3) is 0.107. The number of aromatic nitrogens is 2. The molecular weight excluding hydrogens is 520 g/mol. The van der Waals surface area contributed by atoms with Gasteiger partial charge in [0.25, 0.3) is 5.91 Å². The van der Waals surface area contributed by atoms with Gasteiger partial charge in [-0.3, -0.25) is 19.0 Å². The second-order valence-corrected chi connectivity index (χ2v) is 9.16. The van der Waals surface area contributed by atoms with Crippen molar-refractivity contribution < 1.29 is 28.3 Å². The quantitative estimate of drug-likeness (QED) is 0.205. The van der Waals surface area contributed by atoms with Gasteiger partial charge in [-0.25, -0.2) is 9.79 Å². The third-order valence-electron chi connectivity index (χ3n) is 5.85. The van der Waals surface area contributed by atoms with Crippen molar-refractivity contribution in [1.29, 1.82) is 0 Å². The van der Waals surface area contributed by atoms with Gasteiger partial charge in [0.1, 0.15) is 17.2 Å². The monoisotopic (exact) mass is 543 g/mol. The van der Waals surface area contributed by atoms with E-state index >= 15 is 0 Å². The Balaban J connectivity index is 1.44. The van der Waals surface area contributed by atoms with Crippen LogP contribution in [0.15, 0.2) is 98.9 Å². The molecule has 1 aliphatic heterocycles. The maximum Gasteiger partial charge on any atom is 0.438 e. The highest BCUT2D eigenvalue weighted by Gasteiger charge is 2.35. The fourth-order valence-electron chi connectivity index (χ4n) is 3.95. The van der Waals surface area contributed by atoms with Crippen LogP contribution in [0.5, 0.6) is 11.5 Å². The molecule has 0 unspecified atom stereocenters. The van der Waals surface area contributed by atoms with E-state index in [0.29, 0.717) is 33.6 Å². The molecule has 39 heavy (non-hydrogen) atoms. The fourth-order valence-corrected chi connectivity index (χ4v) is 4.83. The van der Waals surface area contributed by atoms with Crippen molar-refractivity contribution in [3.8, 4) is 17.2 Å². The normalized spacial score (nSPS) is 14.0. The van der Waals surface area contributed by atoms with Crippen LogP contribution in [-0.4, -0.2) is 42.1 Å². The Morgan fingerprint density at radius 1 is 1.00 bits per heavy atom. The maximum absolute atomic E-state index is 13.5. The van der Waals surface area contributed by atoms with E-state index in [1.807, 2.05) is 24.3 Å². The van der Waals surface area contributed by atoms with Gasteiger partial charge in [0.05, 0.1) is 25.7 Å². The van der Waals surface area contributed by atoms with Crippen molar-refractivity contribution >= 4 is 40.4 Å². The molecule has 0 saturated carbocycles. The molecule has 0 aliphatic carbocycles. The topological polar surface area (TPSA) is 118 Å². The number of Topliss-reactive ketones (excluding diaryl/α,β-unsaturated/α-hetero) is 1. The standard InChI is InChI=1S/C28H22N4O6S/c1-36-21-14-12-20(13-15-21)32-25(27(35)38-30-32)23(33)17-39-28-29-22(16-18-8-6-7-11-24(18)37-2)26(34)31(28)19-9-4-3-5-10-19/h3-16H,17H2,1-2H3/p+1/b22-16+. The average Bonchev–Trinajstić information content (AvgIpc) is 3.51.